The molecule has 152 valence electrons. The molecule has 3 aromatic rings. The van der Waals surface area contributed by atoms with Crippen molar-refractivity contribution in [2.75, 3.05) is 0 Å². The van der Waals surface area contributed by atoms with E-state index in [4.69, 9.17) is 0 Å². The van der Waals surface area contributed by atoms with Crippen LogP contribution >= 0.6 is 0 Å². The number of fused-ring (bicyclic) bond motifs is 3. The largest absolute Gasteiger partial charge is 0.534 e. The van der Waals surface area contributed by atoms with Gasteiger partial charge in [0.1, 0.15) is 0 Å². The van der Waals surface area contributed by atoms with Gasteiger partial charge in [-0.1, -0.05) is 0 Å². The molecular weight excluding hydrogens is 444 g/mol. The van der Waals surface area contributed by atoms with Crippen LogP contribution in [-0.2, 0) is 20.1 Å². The highest BCUT2D eigenvalue weighted by molar-refractivity contribution is 7.91. The predicted octanol–water partition coefficient (Wildman–Crippen LogP) is 2.51. The zero-order valence-corrected chi connectivity index (χ0v) is 14.5. The zero-order chi connectivity index (χ0) is 21.1. The minimum Gasteiger partial charge on any atom is -0.355 e. The van der Waals surface area contributed by atoms with Gasteiger partial charge >= 0.3 is 31.2 Å². The molecule has 3 rings (SSSR count). The fourth-order valence-electron chi connectivity index (χ4n) is 2.24. The van der Waals surface area contributed by atoms with Gasteiger partial charge in [-0.25, -0.2) is 13.9 Å². The molecule has 0 aliphatic rings. The molecule has 16 heteroatoms. The third-order valence-corrected chi connectivity index (χ3v) is 5.75. The van der Waals surface area contributed by atoms with E-state index in [2.05, 4.69) is 14.2 Å². The van der Waals surface area contributed by atoms with Crippen LogP contribution in [0.1, 0.15) is 0 Å². The standard InChI is InChI=1S/C12H5F6N3O5S2/c13-11(14,15)27(22,23)21-8-5-20-9(26-28(24,25)12(16,17)18)4-7(8)6-2-1-3-19-10(6)21/h1-5H. The second-order valence-corrected chi connectivity index (χ2v) is 8.43. The lowest BCUT2D eigenvalue weighted by molar-refractivity contribution is -0.0501. The Bertz CT molecular complexity index is 1300. The summed E-state index contributed by atoms with van der Waals surface area (Å²) in [6.45, 7) is 0. The van der Waals surface area contributed by atoms with Crippen molar-refractivity contribution in [2.45, 2.75) is 11.0 Å². The highest BCUT2D eigenvalue weighted by atomic mass is 32.2. The van der Waals surface area contributed by atoms with Gasteiger partial charge in [0.05, 0.1) is 11.7 Å². The number of hydrogen-bond donors (Lipinski definition) is 0. The molecule has 0 aliphatic heterocycles. The molecule has 0 unspecified atom stereocenters. The summed E-state index contributed by atoms with van der Waals surface area (Å²) in [6, 6.07) is 2.92. The van der Waals surface area contributed by atoms with Crippen molar-refractivity contribution in [2.24, 2.45) is 0 Å². The lowest BCUT2D eigenvalue weighted by Crippen LogP contribution is -2.30. The number of halogens is 6. The van der Waals surface area contributed by atoms with E-state index in [1.807, 2.05) is 0 Å². The maximum absolute atomic E-state index is 13.0. The SMILES string of the molecule is O=S(=O)(Oc1cc2c3cccnc3n(S(=O)(=O)C(F)(F)F)c2cn1)C(F)(F)F. The number of nitrogens with zero attached hydrogens (tertiary/aromatic N) is 3. The van der Waals surface area contributed by atoms with Crippen molar-refractivity contribution in [1.29, 1.82) is 0 Å². The number of pyridine rings is 2. The van der Waals surface area contributed by atoms with E-state index in [9.17, 15) is 43.2 Å². The van der Waals surface area contributed by atoms with Crippen LogP contribution in [0.15, 0.2) is 30.6 Å². The fraction of sp³-hybridized carbons (Fsp3) is 0.167. The Morgan fingerprint density at radius 2 is 1.57 bits per heavy atom. The Kier molecular flexibility index (Phi) is 4.27. The third kappa shape index (κ3) is 3.01. The molecule has 0 saturated heterocycles. The van der Waals surface area contributed by atoms with Crippen molar-refractivity contribution < 1.29 is 47.4 Å². The summed E-state index contributed by atoms with van der Waals surface area (Å²) in [5.41, 5.74) is -12.9. The smallest absolute Gasteiger partial charge is 0.355 e. The van der Waals surface area contributed by atoms with Gasteiger partial charge in [-0.2, -0.15) is 43.2 Å². The normalized spacial score (nSPS) is 13.9. The van der Waals surface area contributed by atoms with Gasteiger partial charge in [-0.15, -0.1) is 0 Å². The van der Waals surface area contributed by atoms with Gasteiger partial charge in [-0.3, -0.25) is 0 Å². The van der Waals surface area contributed by atoms with Crippen molar-refractivity contribution in [3.63, 3.8) is 0 Å². The average molecular weight is 449 g/mol. The van der Waals surface area contributed by atoms with Gasteiger partial charge in [0.2, 0.25) is 5.88 Å². The van der Waals surface area contributed by atoms with Crippen molar-refractivity contribution >= 4 is 42.1 Å². The van der Waals surface area contributed by atoms with Crippen LogP contribution in [0.2, 0.25) is 0 Å². The van der Waals surface area contributed by atoms with Gasteiger partial charge in [-0.05, 0) is 12.1 Å². The van der Waals surface area contributed by atoms with Crippen molar-refractivity contribution in [1.82, 2.24) is 13.9 Å². The topological polar surface area (TPSA) is 108 Å². The summed E-state index contributed by atoms with van der Waals surface area (Å²) < 4.78 is 126. The molecule has 8 nitrogen and oxygen atoms in total. The lowest BCUT2D eigenvalue weighted by Gasteiger charge is -2.11. The first kappa shape index (κ1) is 20.1. The van der Waals surface area contributed by atoms with Crippen LogP contribution in [0.4, 0.5) is 26.3 Å². The predicted molar refractivity (Wildman–Crippen MR) is 81.0 cm³/mol. The Labute approximate surface area is 151 Å². The van der Waals surface area contributed by atoms with Gasteiger partial charge in [0, 0.05) is 23.0 Å². The van der Waals surface area contributed by atoms with Crippen LogP contribution in [0, 0.1) is 0 Å². The highest BCUT2D eigenvalue weighted by Gasteiger charge is 2.50. The second kappa shape index (κ2) is 5.94. The Morgan fingerprint density at radius 3 is 2.14 bits per heavy atom. The van der Waals surface area contributed by atoms with E-state index >= 15 is 0 Å². The number of alkyl halides is 6. The van der Waals surface area contributed by atoms with Crippen LogP contribution in [0.5, 0.6) is 5.88 Å². The maximum atomic E-state index is 13.0. The summed E-state index contributed by atoms with van der Waals surface area (Å²) in [5, 5.41) is -0.597. The summed E-state index contributed by atoms with van der Waals surface area (Å²) in [7, 11) is -12.1. The minimum atomic E-state index is -6.10. The maximum Gasteiger partial charge on any atom is 0.534 e. The van der Waals surface area contributed by atoms with E-state index in [1.54, 1.807) is 0 Å². The third-order valence-electron chi connectivity index (χ3n) is 3.36. The molecule has 0 N–H and O–H groups in total. The average Bonchev–Trinajstić information content (AvgIpc) is 2.87. The highest BCUT2D eigenvalue weighted by Crippen LogP contribution is 2.36. The molecule has 0 bridgehead atoms. The first-order valence-electron chi connectivity index (χ1n) is 6.74. The summed E-state index contributed by atoms with van der Waals surface area (Å²) in [4.78, 5) is 6.73. The monoisotopic (exact) mass is 449 g/mol. The van der Waals surface area contributed by atoms with Crippen LogP contribution in [0.3, 0.4) is 0 Å². The number of rotatable bonds is 3. The van der Waals surface area contributed by atoms with Gasteiger partial charge in [0.15, 0.2) is 5.65 Å². The summed E-state index contributed by atoms with van der Waals surface area (Å²) in [6.07, 6.45) is 1.42. The van der Waals surface area contributed by atoms with Crippen LogP contribution in [0.25, 0.3) is 21.9 Å². The van der Waals surface area contributed by atoms with E-state index in [0.717, 1.165) is 12.3 Å². The van der Waals surface area contributed by atoms with E-state index in [0.29, 0.717) is 12.3 Å². The molecule has 0 aliphatic carbocycles. The Balaban J connectivity index is 2.32. The summed E-state index contributed by atoms with van der Waals surface area (Å²) >= 11 is 0. The number of hydrogen-bond acceptors (Lipinski definition) is 7. The van der Waals surface area contributed by atoms with Gasteiger partial charge < -0.3 is 4.18 Å². The fourth-order valence-corrected chi connectivity index (χ4v) is 3.64. The second-order valence-electron chi connectivity index (χ2n) is 5.11. The quantitative estimate of drug-likeness (QED) is 0.344. The minimum absolute atomic E-state index is 0.188. The van der Waals surface area contributed by atoms with Crippen LogP contribution in [-0.4, -0.2) is 41.8 Å². The van der Waals surface area contributed by atoms with E-state index in [1.165, 1.54) is 6.07 Å². The molecule has 0 radical (unpaired) electrons. The first-order chi connectivity index (χ1) is 12.7. The van der Waals surface area contributed by atoms with Crippen LogP contribution < -0.4 is 4.18 Å². The molecule has 0 fully saturated rings. The Morgan fingerprint density at radius 1 is 0.929 bits per heavy atom. The molecule has 0 aromatic carbocycles. The molecule has 3 heterocycles. The zero-order valence-electron chi connectivity index (χ0n) is 12.9. The van der Waals surface area contributed by atoms with Gasteiger partial charge in [0.25, 0.3) is 0 Å². The molecular formula is C12H5F6N3O5S2. The van der Waals surface area contributed by atoms with E-state index in [-0.39, 0.29) is 14.7 Å². The summed E-state index contributed by atoms with van der Waals surface area (Å²) in [5.74, 6) is -1.13. The molecule has 0 saturated carbocycles. The first-order valence-corrected chi connectivity index (χ1v) is 9.59. The Hall–Kier alpha value is -2.62. The molecule has 28 heavy (non-hydrogen) atoms. The molecule has 0 amide bonds. The molecule has 3 aromatic heterocycles. The van der Waals surface area contributed by atoms with Crippen molar-refractivity contribution in [3.05, 3.63) is 30.6 Å². The lowest BCUT2D eigenvalue weighted by atomic mass is 10.2. The molecule has 0 spiro atoms. The number of aromatic nitrogens is 3. The molecule has 0 atom stereocenters. The van der Waals surface area contributed by atoms with E-state index < -0.39 is 48.2 Å². The van der Waals surface area contributed by atoms with Crippen molar-refractivity contribution in [3.8, 4) is 5.88 Å².